The fraction of sp³-hybridized carbons (Fsp3) is 0.417. The molecule has 0 aliphatic rings. The van der Waals surface area contributed by atoms with Gasteiger partial charge in [-0.2, -0.15) is 0 Å². The molecule has 1 aromatic rings. The molecule has 1 atom stereocenters. The summed E-state index contributed by atoms with van der Waals surface area (Å²) in [4.78, 5) is 10.6. The number of aliphatic hydroxyl groups excluding tert-OH is 1. The van der Waals surface area contributed by atoms with Crippen LogP contribution in [0.5, 0.6) is 0 Å². The Morgan fingerprint density at radius 3 is 2.33 bits per heavy atom. The maximum Gasteiger partial charge on any atom is 0.216 e. The number of carbonyl (C=O) groups excluding carboxylic acids is 1. The molecule has 1 rings (SSSR count). The van der Waals surface area contributed by atoms with Crippen molar-refractivity contribution < 1.29 is 9.90 Å². The first-order valence-corrected chi connectivity index (χ1v) is 5.17. The van der Waals surface area contributed by atoms with Crippen LogP contribution in [0.1, 0.15) is 32.4 Å². The van der Waals surface area contributed by atoms with Crippen molar-refractivity contribution in [1.29, 1.82) is 0 Å². The second-order valence-electron chi connectivity index (χ2n) is 2.86. The predicted octanol–water partition coefficient (Wildman–Crippen LogP) is 1.88. The standard InChI is InChI=1S/C10H13NO2.C2H6/c1-8(12)11-7-10(13)9-5-3-2-4-6-9;1-2/h2-6,10,13H,7H2,1H3,(H,11,12);1-2H3. The van der Waals surface area contributed by atoms with E-state index in [2.05, 4.69) is 5.32 Å². The lowest BCUT2D eigenvalue weighted by atomic mass is 10.1. The first kappa shape index (κ1) is 13.7. The smallest absolute Gasteiger partial charge is 0.216 e. The lowest BCUT2D eigenvalue weighted by Gasteiger charge is -2.10. The summed E-state index contributed by atoms with van der Waals surface area (Å²) in [5.74, 6) is -0.130. The van der Waals surface area contributed by atoms with Gasteiger partial charge in [-0.15, -0.1) is 0 Å². The van der Waals surface area contributed by atoms with Gasteiger partial charge in [-0.25, -0.2) is 0 Å². The zero-order chi connectivity index (χ0) is 11.7. The summed E-state index contributed by atoms with van der Waals surface area (Å²) in [5, 5.41) is 12.1. The fourth-order valence-corrected chi connectivity index (χ4v) is 1.03. The normalized spacial score (nSPS) is 10.9. The highest BCUT2D eigenvalue weighted by atomic mass is 16.3. The van der Waals surface area contributed by atoms with E-state index in [0.717, 1.165) is 5.56 Å². The number of hydrogen-bond donors (Lipinski definition) is 2. The van der Waals surface area contributed by atoms with Gasteiger partial charge in [0.2, 0.25) is 5.91 Å². The van der Waals surface area contributed by atoms with Crippen LogP contribution in [0.15, 0.2) is 30.3 Å². The van der Waals surface area contributed by atoms with Crippen LogP contribution in [0.3, 0.4) is 0 Å². The van der Waals surface area contributed by atoms with Gasteiger partial charge < -0.3 is 10.4 Å². The van der Waals surface area contributed by atoms with Gasteiger partial charge in [-0.3, -0.25) is 4.79 Å². The Bertz CT molecular complexity index is 272. The summed E-state index contributed by atoms with van der Waals surface area (Å²) in [5.41, 5.74) is 0.816. The van der Waals surface area contributed by atoms with Gasteiger partial charge in [0.05, 0.1) is 6.10 Å². The van der Waals surface area contributed by atoms with E-state index in [9.17, 15) is 9.90 Å². The minimum absolute atomic E-state index is 0.130. The zero-order valence-electron chi connectivity index (χ0n) is 9.53. The molecule has 0 aliphatic heterocycles. The molecular weight excluding hydrogens is 190 g/mol. The molecule has 0 bridgehead atoms. The van der Waals surface area contributed by atoms with Crippen molar-refractivity contribution in [1.82, 2.24) is 5.32 Å². The third-order valence-electron chi connectivity index (χ3n) is 1.73. The Kier molecular flexibility index (Phi) is 7.28. The maximum absolute atomic E-state index is 10.6. The molecule has 0 aliphatic carbocycles. The van der Waals surface area contributed by atoms with Crippen LogP contribution in [0.4, 0.5) is 0 Å². The van der Waals surface area contributed by atoms with Crippen LogP contribution < -0.4 is 5.32 Å². The Balaban J connectivity index is 0.000000921. The topological polar surface area (TPSA) is 49.3 Å². The molecule has 1 amide bonds. The highest BCUT2D eigenvalue weighted by Crippen LogP contribution is 2.09. The third-order valence-corrected chi connectivity index (χ3v) is 1.73. The zero-order valence-corrected chi connectivity index (χ0v) is 9.53. The van der Waals surface area contributed by atoms with Crippen molar-refractivity contribution in [3.63, 3.8) is 0 Å². The fourth-order valence-electron chi connectivity index (χ4n) is 1.03. The summed E-state index contributed by atoms with van der Waals surface area (Å²) in [6.45, 7) is 5.69. The highest BCUT2D eigenvalue weighted by Gasteiger charge is 2.05. The SMILES string of the molecule is CC.CC(=O)NCC(O)c1ccccc1. The number of benzene rings is 1. The largest absolute Gasteiger partial charge is 0.387 e. The third kappa shape index (κ3) is 5.86. The number of hydrogen-bond acceptors (Lipinski definition) is 2. The van der Waals surface area contributed by atoms with E-state index in [1.807, 2.05) is 44.2 Å². The van der Waals surface area contributed by atoms with Crippen LogP contribution in [0.2, 0.25) is 0 Å². The second-order valence-corrected chi connectivity index (χ2v) is 2.86. The van der Waals surface area contributed by atoms with Crippen LogP contribution in [-0.4, -0.2) is 17.6 Å². The molecule has 0 heterocycles. The van der Waals surface area contributed by atoms with Gasteiger partial charge in [0, 0.05) is 13.5 Å². The van der Waals surface area contributed by atoms with Gasteiger partial charge in [0.1, 0.15) is 0 Å². The van der Waals surface area contributed by atoms with E-state index in [1.165, 1.54) is 6.92 Å². The molecule has 0 saturated heterocycles. The van der Waals surface area contributed by atoms with Crippen LogP contribution in [0.25, 0.3) is 0 Å². The molecule has 0 fully saturated rings. The summed E-state index contributed by atoms with van der Waals surface area (Å²) in [7, 11) is 0. The van der Waals surface area contributed by atoms with Gasteiger partial charge in [-0.05, 0) is 5.56 Å². The van der Waals surface area contributed by atoms with E-state index in [0.29, 0.717) is 0 Å². The molecule has 1 unspecified atom stereocenters. The first-order chi connectivity index (χ1) is 7.20. The minimum atomic E-state index is -0.620. The van der Waals surface area contributed by atoms with Gasteiger partial charge in [-0.1, -0.05) is 44.2 Å². The molecule has 0 aromatic heterocycles. The van der Waals surface area contributed by atoms with Crippen molar-refractivity contribution in [3.05, 3.63) is 35.9 Å². The average molecular weight is 209 g/mol. The Morgan fingerprint density at radius 2 is 1.87 bits per heavy atom. The Morgan fingerprint density at radius 1 is 1.33 bits per heavy atom. The Hall–Kier alpha value is -1.35. The number of aliphatic hydroxyl groups is 1. The van der Waals surface area contributed by atoms with E-state index in [1.54, 1.807) is 0 Å². The lowest BCUT2D eigenvalue weighted by Crippen LogP contribution is -2.25. The molecule has 0 radical (unpaired) electrons. The molecule has 0 saturated carbocycles. The van der Waals surface area contributed by atoms with Crippen molar-refractivity contribution in [2.45, 2.75) is 26.9 Å². The Labute approximate surface area is 91.1 Å². The molecule has 1 aromatic carbocycles. The molecular formula is C12H19NO2. The number of amides is 1. The highest BCUT2D eigenvalue weighted by molar-refractivity contribution is 5.72. The summed E-state index contributed by atoms with van der Waals surface area (Å²) < 4.78 is 0. The maximum atomic E-state index is 10.6. The van der Waals surface area contributed by atoms with E-state index in [4.69, 9.17) is 0 Å². The number of nitrogens with one attached hydrogen (secondary N) is 1. The van der Waals surface area contributed by atoms with Gasteiger partial charge in [0.25, 0.3) is 0 Å². The summed E-state index contributed by atoms with van der Waals surface area (Å²) >= 11 is 0. The van der Waals surface area contributed by atoms with E-state index < -0.39 is 6.10 Å². The molecule has 3 nitrogen and oxygen atoms in total. The van der Waals surface area contributed by atoms with E-state index in [-0.39, 0.29) is 12.5 Å². The molecule has 15 heavy (non-hydrogen) atoms. The predicted molar refractivity (Wildman–Crippen MR) is 61.4 cm³/mol. The van der Waals surface area contributed by atoms with Crippen molar-refractivity contribution in [2.24, 2.45) is 0 Å². The van der Waals surface area contributed by atoms with Crippen LogP contribution in [0, 0.1) is 0 Å². The quantitative estimate of drug-likeness (QED) is 0.798. The molecule has 2 N–H and O–H groups in total. The minimum Gasteiger partial charge on any atom is -0.387 e. The lowest BCUT2D eigenvalue weighted by molar-refractivity contribution is -0.119. The average Bonchev–Trinajstić information content (AvgIpc) is 2.30. The number of rotatable bonds is 3. The van der Waals surface area contributed by atoms with Crippen LogP contribution in [-0.2, 0) is 4.79 Å². The van der Waals surface area contributed by atoms with Gasteiger partial charge >= 0.3 is 0 Å². The molecule has 3 heteroatoms. The molecule has 0 spiro atoms. The second kappa shape index (κ2) is 8.00. The van der Waals surface area contributed by atoms with Crippen molar-refractivity contribution >= 4 is 5.91 Å². The van der Waals surface area contributed by atoms with Crippen molar-refractivity contribution in [2.75, 3.05) is 6.54 Å². The monoisotopic (exact) mass is 209 g/mol. The summed E-state index contributed by atoms with van der Waals surface area (Å²) in [6, 6.07) is 9.24. The van der Waals surface area contributed by atoms with Gasteiger partial charge in [0.15, 0.2) is 0 Å². The van der Waals surface area contributed by atoms with Crippen LogP contribution >= 0.6 is 0 Å². The summed E-state index contributed by atoms with van der Waals surface area (Å²) in [6.07, 6.45) is -0.620. The first-order valence-electron chi connectivity index (χ1n) is 5.17. The molecule has 84 valence electrons. The van der Waals surface area contributed by atoms with Crippen molar-refractivity contribution in [3.8, 4) is 0 Å². The number of carbonyl (C=O) groups is 1. The van der Waals surface area contributed by atoms with E-state index >= 15 is 0 Å².